The molecule has 0 fully saturated rings. The summed E-state index contributed by atoms with van der Waals surface area (Å²) in [5.74, 6) is -2.39. The van der Waals surface area contributed by atoms with Gasteiger partial charge in [-0.1, -0.05) is 0 Å². The maximum Gasteiger partial charge on any atom is 0.395 e. The predicted octanol–water partition coefficient (Wildman–Crippen LogP) is 2.87. The van der Waals surface area contributed by atoms with Crippen molar-refractivity contribution in [2.75, 3.05) is 0 Å². The van der Waals surface area contributed by atoms with Gasteiger partial charge in [0.2, 0.25) is 11.2 Å². The molecule has 0 saturated heterocycles. The summed E-state index contributed by atoms with van der Waals surface area (Å²) in [6, 6.07) is 5.77. The number of fused-ring (bicyclic) bond motifs is 1. The molecule has 0 radical (unpaired) electrons. The van der Waals surface area contributed by atoms with Crippen LogP contribution in [0, 0.1) is 0 Å². The van der Waals surface area contributed by atoms with E-state index < -0.39 is 25.6 Å². The van der Waals surface area contributed by atoms with E-state index >= 15 is 0 Å². The van der Waals surface area contributed by atoms with Crippen LogP contribution in [0.1, 0.15) is 0 Å². The monoisotopic (exact) mass is 348 g/mol. The SMILES string of the molecule is O=POc1cc(-c2oc3cc(O)cc(O)c3c(=O)c2O)ccc1O. The van der Waals surface area contributed by atoms with Gasteiger partial charge in [0.15, 0.2) is 17.3 Å². The molecule has 0 aliphatic carbocycles. The maximum absolute atomic E-state index is 12.2. The van der Waals surface area contributed by atoms with Gasteiger partial charge >= 0.3 is 8.69 Å². The van der Waals surface area contributed by atoms with Gasteiger partial charge in [0, 0.05) is 17.7 Å². The van der Waals surface area contributed by atoms with Crippen LogP contribution < -0.4 is 9.95 Å². The summed E-state index contributed by atoms with van der Waals surface area (Å²) in [6.07, 6.45) is 0. The first-order valence-electron chi connectivity index (χ1n) is 6.47. The minimum absolute atomic E-state index is 0.144. The molecule has 1 heterocycles. The Morgan fingerprint density at radius 1 is 1.00 bits per heavy atom. The smallest absolute Gasteiger partial charge is 0.395 e. The van der Waals surface area contributed by atoms with E-state index in [0.717, 1.165) is 12.1 Å². The molecule has 2 aromatic carbocycles. The first-order chi connectivity index (χ1) is 11.4. The molecule has 8 nitrogen and oxygen atoms in total. The number of aromatic hydroxyl groups is 4. The molecule has 24 heavy (non-hydrogen) atoms. The van der Waals surface area contributed by atoms with Gasteiger partial charge < -0.3 is 29.4 Å². The van der Waals surface area contributed by atoms with Gasteiger partial charge in [0.05, 0.1) is 0 Å². The van der Waals surface area contributed by atoms with E-state index in [0.29, 0.717) is 0 Å². The summed E-state index contributed by atoms with van der Waals surface area (Å²) in [5, 5.41) is 38.6. The Morgan fingerprint density at radius 2 is 1.75 bits per heavy atom. The molecule has 1 aromatic heterocycles. The average molecular weight is 348 g/mol. The molecule has 122 valence electrons. The summed E-state index contributed by atoms with van der Waals surface area (Å²) in [4.78, 5) is 12.2. The van der Waals surface area contributed by atoms with Crippen molar-refractivity contribution in [1.29, 1.82) is 0 Å². The summed E-state index contributed by atoms with van der Waals surface area (Å²) in [5.41, 5.74) is -0.908. The van der Waals surface area contributed by atoms with Gasteiger partial charge in [-0.3, -0.25) is 4.79 Å². The van der Waals surface area contributed by atoms with Crippen LogP contribution in [0.5, 0.6) is 28.7 Å². The highest BCUT2D eigenvalue weighted by Crippen LogP contribution is 2.38. The van der Waals surface area contributed by atoms with Crippen LogP contribution in [0.2, 0.25) is 0 Å². The molecule has 4 N–H and O–H groups in total. The van der Waals surface area contributed by atoms with Crippen LogP contribution in [0.15, 0.2) is 39.5 Å². The van der Waals surface area contributed by atoms with Crippen molar-refractivity contribution in [2.24, 2.45) is 0 Å². The Kier molecular flexibility index (Phi) is 3.75. The van der Waals surface area contributed by atoms with Gasteiger partial charge in [-0.2, -0.15) is 0 Å². The van der Waals surface area contributed by atoms with Gasteiger partial charge in [0.25, 0.3) is 0 Å². The van der Waals surface area contributed by atoms with Crippen molar-refractivity contribution in [3.63, 3.8) is 0 Å². The van der Waals surface area contributed by atoms with Crippen LogP contribution in [0.3, 0.4) is 0 Å². The van der Waals surface area contributed by atoms with Crippen molar-refractivity contribution < 1.29 is 33.9 Å². The van der Waals surface area contributed by atoms with E-state index in [9.17, 15) is 29.8 Å². The molecule has 0 aliphatic heterocycles. The number of phenolic OH excluding ortho intramolecular Hbond substituents is 3. The zero-order valence-corrected chi connectivity index (χ0v) is 12.7. The molecule has 0 atom stereocenters. The summed E-state index contributed by atoms with van der Waals surface area (Å²) in [6.45, 7) is 0. The van der Waals surface area contributed by atoms with E-state index in [1.165, 1.54) is 18.2 Å². The Bertz CT molecular complexity index is 1020. The Hall–Kier alpha value is -3.25. The Morgan fingerprint density at radius 3 is 2.46 bits per heavy atom. The van der Waals surface area contributed by atoms with Crippen molar-refractivity contribution in [3.05, 3.63) is 40.6 Å². The third-order valence-corrected chi connectivity index (χ3v) is 3.56. The van der Waals surface area contributed by atoms with Crippen LogP contribution in [0.25, 0.3) is 22.3 Å². The Labute approximate surface area is 135 Å². The molecule has 0 saturated carbocycles. The molecular formula is C15H9O8P. The van der Waals surface area contributed by atoms with Crippen molar-refractivity contribution in [2.45, 2.75) is 0 Å². The number of benzene rings is 2. The minimum Gasteiger partial charge on any atom is -0.508 e. The molecule has 0 bridgehead atoms. The largest absolute Gasteiger partial charge is 0.508 e. The number of rotatable bonds is 3. The first kappa shape index (κ1) is 15.6. The van der Waals surface area contributed by atoms with E-state index in [2.05, 4.69) is 4.52 Å². The molecule has 3 aromatic rings. The van der Waals surface area contributed by atoms with E-state index in [1.54, 1.807) is 0 Å². The second-order valence-electron chi connectivity index (χ2n) is 4.80. The fraction of sp³-hybridized carbons (Fsp3) is 0. The molecular weight excluding hydrogens is 339 g/mol. The fourth-order valence-electron chi connectivity index (χ4n) is 2.24. The third-order valence-electron chi connectivity index (χ3n) is 3.29. The molecule has 9 heteroatoms. The maximum atomic E-state index is 12.2. The van der Waals surface area contributed by atoms with Gasteiger partial charge in [-0.05, 0) is 18.2 Å². The zero-order chi connectivity index (χ0) is 17.4. The first-order valence-corrected chi connectivity index (χ1v) is 7.20. The summed E-state index contributed by atoms with van der Waals surface area (Å²) in [7, 11) is -0.707. The van der Waals surface area contributed by atoms with Crippen LogP contribution in [0.4, 0.5) is 0 Å². The minimum atomic E-state index is -0.902. The number of hydrogen-bond donors (Lipinski definition) is 4. The normalized spacial score (nSPS) is 11.0. The quantitative estimate of drug-likeness (QED) is 0.530. The van der Waals surface area contributed by atoms with Crippen molar-refractivity contribution >= 4 is 19.7 Å². The molecule has 0 aliphatic rings. The van der Waals surface area contributed by atoms with E-state index in [1.807, 2.05) is 0 Å². The lowest BCUT2D eigenvalue weighted by Gasteiger charge is -2.09. The van der Waals surface area contributed by atoms with Crippen molar-refractivity contribution in [3.8, 4) is 40.1 Å². The topological polar surface area (TPSA) is 137 Å². The van der Waals surface area contributed by atoms with Gasteiger partial charge in [-0.25, -0.2) is 4.57 Å². The van der Waals surface area contributed by atoms with Crippen LogP contribution in [-0.4, -0.2) is 20.4 Å². The van der Waals surface area contributed by atoms with Crippen LogP contribution >= 0.6 is 8.69 Å². The highest BCUT2D eigenvalue weighted by atomic mass is 31.1. The lowest BCUT2D eigenvalue weighted by Crippen LogP contribution is -2.03. The summed E-state index contributed by atoms with van der Waals surface area (Å²) >= 11 is 0. The predicted molar refractivity (Wildman–Crippen MR) is 82.8 cm³/mol. The molecule has 0 unspecified atom stereocenters. The van der Waals surface area contributed by atoms with Crippen LogP contribution in [-0.2, 0) is 4.57 Å². The highest BCUT2D eigenvalue weighted by molar-refractivity contribution is 7.17. The average Bonchev–Trinajstić information content (AvgIpc) is 2.52. The third kappa shape index (κ3) is 2.49. The highest BCUT2D eigenvalue weighted by Gasteiger charge is 2.19. The lowest BCUT2D eigenvalue weighted by atomic mass is 10.1. The zero-order valence-electron chi connectivity index (χ0n) is 11.8. The van der Waals surface area contributed by atoms with E-state index in [-0.39, 0.29) is 39.5 Å². The Balaban J connectivity index is 2.31. The van der Waals surface area contributed by atoms with Gasteiger partial charge in [-0.15, -0.1) is 0 Å². The summed E-state index contributed by atoms with van der Waals surface area (Å²) < 4.78 is 20.6. The number of hydrogen-bond acceptors (Lipinski definition) is 8. The van der Waals surface area contributed by atoms with Gasteiger partial charge in [0.1, 0.15) is 22.5 Å². The van der Waals surface area contributed by atoms with Crippen molar-refractivity contribution in [1.82, 2.24) is 0 Å². The lowest BCUT2D eigenvalue weighted by molar-refractivity contribution is 0.436. The number of phenols is 3. The standard InChI is InChI=1S/C15H9O8P/c16-7-4-9(18)12-11(5-7)22-15(14(20)13(12)19)6-1-2-8(17)10(3-6)23-24-21/h1-5,16-18,20H. The fourth-order valence-corrected chi connectivity index (χ4v) is 2.47. The second kappa shape index (κ2) is 5.75. The second-order valence-corrected chi connectivity index (χ2v) is 5.13. The molecule has 0 spiro atoms. The van der Waals surface area contributed by atoms with E-state index in [4.69, 9.17) is 4.42 Å². The molecule has 0 amide bonds. The molecule has 3 rings (SSSR count).